The molecule has 0 saturated carbocycles. The lowest BCUT2D eigenvalue weighted by Gasteiger charge is -2.10. The van der Waals surface area contributed by atoms with Crippen LogP contribution in [0.3, 0.4) is 0 Å². The summed E-state index contributed by atoms with van der Waals surface area (Å²) in [5.74, 6) is 0.539. The van der Waals surface area contributed by atoms with Crippen molar-refractivity contribution in [1.29, 1.82) is 0 Å². The summed E-state index contributed by atoms with van der Waals surface area (Å²) in [5.41, 5.74) is -0.168. The summed E-state index contributed by atoms with van der Waals surface area (Å²) in [6, 6.07) is 0. The second kappa shape index (κ2) is 5.59. The SMILES string of the molecule is CC(CNc1nc[nH]c(=O)c1I)S(C)=O. The maximum absolute atomic E-state index is 11.2. The maximum Gasteiger partial charge on any atom is 0.266 e. The average molecular weight is 341 g/mol. The molecule has 5 nitrogen and oxygen atoms in total. The van der Waals surface area contributed by atoms with E-state index < -0.39 is 10.8 Å². The summed E-state index contributed by atoms with van der Waals surface area (Å²) in [6.07, 6.45) is 3.00. The van der Waals surface area contributed by atoms with Crippen molar-refractivity contribution in [3.8, 4) is 0 Å². The first kappa shape index (κ1) is 12.6. The Balaban J connectivity index is 2.70. The van der Waals surface area contributed by atoms with Crippen molar-refractivity contribution in [2.75, 3.05) is 18.1 Å². The average Bonchev–Trinajstić information content (AvgIpc) is 2.19. The predicted molar refractivity (Wildman–Crippen MR) is 69.6 cm³/mol. The quantitative estimate of drug-likeness (QED) is 0.785. The first-order valence-electron chi connectivity index (χ1n) is 4.31. The fourth-order valence-electron chi connectivity index (χ4n) is 0.864. The zero-order valence-electron chi connectivity index (χ0n) is 8.41. The molecule has 0 amide bonds. The minimum absolute atomic E-state index is 0.0295. The van der Waals surface area contributed by atoms with Crippen LogP contribution in [0.25, 0.3) is 0 Å². The third kappa shape index (κ3) is 3.56. The van der Waals surface area contributed by atoms with E-state index in [1.54, 1.807) is 6.26 Å². The lowest BCUT2D eigenvalue weighted by atomic mass is 10.4. The summed E-state index contributed by atoms with van der Waals surface area (Å²) in [5, 5.41) is 3.03. The van der Waals surface area contributed by atoms with E-state index in [-0.39, 0.29) is 10.8 Å². The summed E-state index contributed by atoms with van der Waals surface area (Å²) in [6.45, 7) is 2.42. The Morgan fingerprint density at radius 3 is 3.00 bits per heavy atom. The van der Waals surface area contributed by atoms with Gasteiger partial charge in [-0.15, -0.1) is 0 Å². The highest BCUT2D eigenvalue weighted by molar-refractivity contribution is 14.1. The van der Waals surface area contributed by atoms with Crippen LogP contribution in [0.15, 0.2) is 11.1 Å². The second-order valence-corrected chi connectivity index (χ2v) is 5.97. The molecule has 15 heavy (non-hydrogen) atoms. The van der Waals surface area contributed by atoms with Crippen molar-refractivity contribution in [2.24, 2.45) is 0 Å². The van der Waals surface area contributed by atoms with E-state index in [0.29, 0.717) is 15.9 Å². The van der Waals surface area contributed by atoms with Crippen LogP contribution in [0, 0.1) is 3.57 Å². The van der Waals surface area contributed by atoms with Crippen molar-refractivity contribution >= 4 is 39.2 Å². The number of hydrogen-bond donors (Lipinski definition) is 2. The Morgan fingerprint density at radius 2 is 2.40 bits per heavy atom. The lowest BCUT2D eigenvalue weighted by molar-refractivity contribution is 0.678. The first-order chi connectivity index (χ1) is 7.02. The van der Waals surface area contributed by atoms with Gasteiger partial charge in [-0.3, -0.25) is 9.00 Å². The Bertz CT molecular complexity index is 421. The molecule has 2 unspecified atom stereocenters. The number of aromatic amines is 1. The van der Waals surface area contributed by atoms with Gasteiger partial charge in [0.1, 0.15) is 9.39 Å². The van der Waals surface area contributed by atoms with Crippen LogP contribution >= 0.6 is 22.6 Å². The molecule has 0 bridgehead atoms. The number of hydrogen-bond acceptors (Lipinski definition) is 4. The van der Waals surface area contributed by atoms with Gasteiger partial charge in [0.25, 0.3) is 5.56 Å². The number of rotatable bonds is 4. The Morgan fingerprint density at radius 1 is 1.73 bits per heavy atom. The molecule has 7 heteroatoms. The van der Waals surface area contributed by atoms with E-state index in [1.165, 1.54) is 6.33 Å². The number of nitrogens with zero attached hydrogens (tertiary/aromatic N) is 1. The molecule has 0 spiro atoms. The monoisotopic (exact) mass is 341 g/mol. The normalized spacial score (nSPS) is 14.6. The molecule has 0 saturated heterocycles. The van der Waals surface area contributed by atoms with Crippen molar-refractivity contribution in [1.82, 2.24) is 9.97 Å². The fourth-order valence-corrected chi connectivity index (χ4v) is 1.67. The van der Waals surface area contributed by atoms with Gasteiger partial charge in [0.15, 0.2) is 0 Å². The minimum Gasteiger partial charge on any atom is -0.368 e. The van der Waals surface area contributed by atoms with Crippen LogP contribution in [0.2, 0.25) is 0 Å². The smallest absolute Gasteiger partial charge is 0.266 e. The Kier molecular flexibility index (Phi) is 4.71. The lowest BCUT2D eigenvalue weighted by Crippen LogP contribution is -2.23. The molecule has 0 aliphatic heterocycles. The second-order valence-electron chi connectivity index (χ2n) is 3.08. The van der Waals surface area contributed by atoms with Crippen LogP contribution in [-0.2, 0) is 10.8 Å². The molecule has 0 fully saturated rings. The van der Waals surface area contributed by atoms with Gasteiger partial charge >= 0.3 is 0 Å². The van der Waals surface area contributed by atoms with E-state index in [1.807, 2.05) is 29.5 Å². The standard InChI is InChI=1S/C8H12IN3O2S/c1-5(15(2)14)3-10-7-6(9)8(13)12-4-11-7/h4-5H,3H2,1-2H3,(H2,10,11,12,13). The molecular formula is C8H12IN3O2S. The van der Waals surface area contributed by atoms with E-state index in [4.69, 9.17) is 0 Å². The van der Waals surface area contributed by atoms with Crippen molar-refractivity contribution in [3.63, 3.8) is 0 Å². The van der Waals surface area contributed by atoms with Gasteiger partial charge in [0, 0.05) is 28.9 Å². The van der Waals surface area contributed by atoms with E-state index in [2.05, 4.69) is 15.3 Å². The van der Waals surface area contributed by atoms with Crippen LogP contribution in [-0.4, -0.2) is 32.2 Å². The van der Waals surface area contributed by atoms with Crippen molar-refractivity contribution in [3.05, 3.63) is 20.3 Å². The van der Waals surface area contributed by atoms with Gasteiger partial charge in [-0.05, 0) is 29.5 Å². The molecule has 0 aromatic carbocycles. The molecule has 1 aromatic heterocycles. The number of nitrogens with one attached hydrogen (secondary N) is 2. The highest BCUT2D eigenvalue weighted by atomic mass is 127. The molecule has 2 atom stereocenters. The zero-order chi connectivity index (χ0) is 11.4. The summed E-state index contributed by atoms with van der Waals surface area (Å²) in [4.78, 5) is 17.7. The highest BCUT2D eigenvalue weighted by Gasteiger charge is 2.09. The van der Waals surface area contributed by atoms with Crippen LogP contribution < -0.4 is 10.9 Å². The van der Waals surface area contributed by atoms with Gasteiger partial charge < -0.3 is 10.3 Å². The van der Waals surface area contributed by atoms with Crippen LogP contribution in [0.4, 0.5) is 5.82 Å². The minimum atomic E-state index is -0.875. The predicted octanol–water partition coefficient (Wildman–Crippen LogP) is 0.553. The summed E-state index contributed by atoms with van der Waals surface area (Å²) >= 11 is 1.92. The van der Waals surface area contributed by atoms with E-state index >= 15 is 0 Å². The molecule has 0 aliphatic rings. The van der Waals surface area contributed by atoms with Crippen molar-refractivity contribution in [2.45, 2.75) is 12.2 Å². The van der Waals surface area contributed by atoms with E-state index in [9.17, 15) is 9.00 Å². The Labute approximate surface area is 104 Å². The van der Waals surface area contributed by atoms with E-state index in [0.717, 1.165) is 0 Å². The summed E-state index contributed by atoms with van der Waals surface area (Å²) in [7, 11) is -0.875. The number of aromatic nitrogens is 2. The number of H-pyrrole nitrogens is 1. The van der Waals surface area contributed by atoms with Gasteiger partial charge in [-0.1, -0.05) is 0 Å². The Hall–Kier alpha value is -0.440. The van der Waals surface area contributed by atoms with Gasteiger partial charge in [-0.25, -0.2) is 4.98 Å². The van der Waals surface area contributed by atoms with Crippen LogP contribution in [0.1, 0.15) is 6.92 Å². The van der Waals surface area contributed by atoms with Crippen molar-refractivity contribution < 1.29 is 4.21 Å². The molecule has 0 aliphatic carbocycles. The van der Waals surface area contributed by atoms with Gasteiger partial charge in [0.05, 0.1) is 6.33 Å². The largest absolute Gasteiger partial charge is 0.368 e. The first-order valence-corrected chi connectivity index (χ1v) is 7.01. The topological polar surface area (TPSA) is 74.8 Å². The third-order valence-corrected chi connectivity index (χ3v) is 4.22. The zero-order valence-corrected chi connectivity index (χ0v) is 11.4. The number of anilines is 1. The molecule has 1 aromatic rings. The van der Waals surface area contributed by atoms with Gasteiger partial charge in [0.2, 0.25) is 0 Å². The molecule has 0 radical (unpaired) electrons. The number of halogens is 1. The third-order valence-electron chi connectivity index (χ3n) is 1.92. The molecule has 2 N–H and O–H groups in total. The highest BCUT2D eigenvalue weighted by Crippen LogP contribution is 2.08. The van der Waals surface area contributed by atoms with Crippen LogP contribution in [0.5, 0.6) is 0 Å². The molecule has 1 rings (SSSR count). The molecule has 84 valence electrons. The maximum atomic E-state index is 11.2. The fraction of sp³-hybridized carbons (Fsp3) is 0.500. The molecule has 1 heterocycles. The molecular weight excluding hydrogens is 329 g/mol. The summed E-state index contributed by atoms with van der Waals surface area (Å²) < 4.78 is 11.6. The van der Waals surface area contributed by atoms with Gasteiger partial charge in [-0.2, -0.15) is 0 Å².